The average molecular weight is 349 g/mol. The van der Waals surface area contributed by atoms with E-state index in [0.29, 0.717) is 13.0 Å². The Balaban J connectivity index is 2.43. The van der Waals surface area contributed by atoms with Crippen molar-refractivity contribution in [3.05, 3.63) is 35.4 Å². The van der Waals surface area contributed by atoms with Crippen LogP contribution in [-0.4, -0.2) is 17.1 Å². The molecule has 0 aliphatic carbocycles. The van der Waals surface area contributed by atoms with Gasteiger partial charge in [-0.25, -0.2) is 0 Å². The van der Waals surface area contributed by atoms with Crippen LogP contribution in [0.25, 0.3) is 0 Å². The summed E-state index contributed by atoms with van der Waals surface area (Å²) in [6, 6.07) is 7.17. The Morgan fingerprint density at radius 3 is 2.20 bits per heavy atom. The number of hydrogen-bond acceptors (Lipinski definition) is 4. The van der Waals surface area contributed by atoms with Gasteiger partial charge in [-0.05, 0) is 24.0 Å². The molecule has 1 aromatic carbocycles. The maximum Gasteiger partial charge on any atom is 0.0790 e. The maximum atomic E-state index is 11.2. The maximum absolute atomic E-state index is 11.2. The van der Waals surface area contributed by atoms with E-state index in [1.807, 2.05) is 24.3 Å². The molecule has 0 radical (unpaired) electrons. The van der Waals surface area contributed by atoms with Crippen molar-refractivity contribution < 1.29 is 15.0 Å². The van der Waals surface area contributed by atoms with E-state index < -0.39 is 18.1 Å². The Kier molecular flexibility index (Phi) is 11.2. The van der Waals surface area contributed by atoms with Crippen molar-refractivity contribution in [2.45, 2.75) is 90.3 Å². The van der Waals surface area contributed by atoms with Crippen LogP contribution >= 0.6 is 0 Å². The Hall–Kier alpha value is -1.39. The van der Waals surface area contributed by atoms with E-state index in [1.165, 1.54) is 0 Å². The molecule has 0 aliphatic heterocycles. The van der Waals surface area contributed by atoms with Crippen molar-refractivity contribution in [1.29, 1.82) is 0 Å². The molecule has 0 aliphatic rings. The van der Waals surface area contributed by atoms with Crippen LogP contribution in [0.2, 0.25) is 0 Å². The van der Waals surface area contributed by atoms with Gasteiger partial charge in [0.2, 0.25) is 0 Å². The van der Waals surface area contributed by atoms with E-state index in [0.717, 1.165) is 62.5 Å². The number of benzene rings is 1. The zero-order valence-corrected chi connectivity index (χ0v) is 15.8. The molecule has 142 valence electrons. The minimum absolute atomic E-state index is 0.414. The molecule has 1 aromatic rings. The summed E-state index contributed by atoms with van der Waals surface area (Å²) in [7, 11) is 0. The molecule has 0 amide bonds. The monoisotopic (exact) mass is 348 g/mol. The van der Waals surface area contributed by atoms with E-state index in [9.17, 15) is 15.0 Å². The number of hydrogen-bond donors (Lipinski definition) is 2. The van der Waals surface area contributed by atoms with Gasteiger partial charge in [-0.15, -0.1) is 0 Å². The van der Waals surface area contributed by atoms with Crippen LogP contribution in [0.1, 0.15) is 88.9 Å². The Morgan fingerprint density at radius 2 is 1.60 bits per heavy atom. The molecule has 0 saturated heterocycles. The van der Waals surface area contributed by atoms with E-state index in [4.69, 9.17) is 0 Å². The van der Waals surface area contributed by atoms with Crippen LogP contribution in [0.3, 0.4) is 0 Å². The number of aliphatic carboxylic acids is 1. The first-order valence-corrected chi connectivity index (χ1v) is 9.79. The Labute approximate surface area is 152 Å². The highest BCUT2D eigenvalue weighted by atomic mass is 16.4. The number of carbonyl (C=O) groups excluding carboxylic acids is 1. The van der Waals surface area contributed by atoms with Crippen LogP contribution in [0.5, 0.6) is 0 Å². The number of aliphatic hydroxyl groups is 1. The van der Waals surface area contributed by atoms with E-state index >= 15 is 0 Å². The molecule has 2 unspecified atom stereocenters. The number of carbonyl (C=O) groups is 1. The predicted octanol–water partition coefficient (Wildman–Crippen LogP) is 3.48. The minimum Gasteiger partial charge on any atom is -0.548 e. The highest BCUT2D eigenvalue weighted by Crippen LogP contribution is 2.20. The molecule has 2 atom stereocenters. The molecule has 0 bridgehead atoms. The molecule has 4 nitrogen and oxygen atoms in total. The lowest BCUT2D eigenvalue weighted by atomic mass is 10.0. The molecule has 0 aromatic heterocycles. The molecule has 2 N–H and O–H groups in total. The fraction of sp³-hybridized carbons (Fsp3) is 0.667. The standard InChI is InChI=1S/C21H35NO3/c1-3-5-7-9-10-19(21(24)25)22-16-17-12-14-18(15-13-17)20(23)11-8-6-4-2/h12-15,19-20,22-23H,3-11,16H2,1-2H3,(H,24,25)/p-1. The van der Waals surface area contributed by atoms with Crippen LogP contribution < -0.4 is 10.4 Å². The molecule has 0 fully saturated rings. The Morgan fingerprint density at radius 1 is 1.00 bits per heavy atom. The fourth-order valence-corrected chi connectivity index (χ4v) is 2.93. The van der Waals surface area contributed by atoms with Gasteiger partial charge in [-0.2, -0.15) is 0 Å². The highest BCUT2D eigenvalue weighted by molar-refractivity contribution is 5.71. The number of aliphatic hydroxyl groups excluding tert-OH is 1. The minimum atomic E-state index is -1.03. The van der Waals surface area contributed by atoms with E-state index in [-0.39, 0.29) is 0 Å². The number of rotatable bonds is 14. The number of carboxylic acids is 1. The third kappa shape index (κ3) is 9.03. The second-order valence-electron chi connectivity index (χ2n) is 6.86. The van der Waals surface area contributed by atoms with Gasteiger partial charge in [0.1, 0.15) is 0 Å². The van der Waals surface area contributed by atoms with Crippen LogP contribution in [0.15, 0.2) is 24.3 Å². The zero-order chi connectivity index (χ0) is 18.5. The first-order valence-electron chi connectivity index (χ1n) is 9.79. The van der Waals surface area contributed by atoms with Crippen LogP contribution in [0.4, 0.5) is 0 Å². The van der Waals surface area contributed by atoms with Crippen molar-refractivity contribution in [2.75, 3.05) is 0 Å². The predicted molar refractivity (Wildman–Crippen MR) is 99.9 cm³/mol. The summed E-state index contributed by atoms with van der Waals surface area (Å²) in [5.74, 6) is -1.03. The number of unbranched alkanes of at least 4 members (excludes halogenated alkanes) is 5. The summed E-state index contributed by atoms with van der Waals surface area (Å²) in [6.07, 6.45) is 8.55. The summed E-state index contributed by atoms with van der Waals surface area (Å²) in [5, 5.41) is 24.5. The van der Waals surface area contributed by atoms with Gasteiger partial charge in [-0.1, -0.05) is 83.1 Å². The summed E-state index contributed by atoms with van der Waals surface area (Å²) in [6.45, 7) is 4.79. The van der Waals surface area contributed by atoms with Gasteiger partial charge in [0.25, 0.3) is 0 Å². The van der Waals surface area contributed by atoms with Gasteiger partial charge in [0.15, 0.2) is 0 Å². The summed E-state index contributed by atoms with van der Waals surface area (Å²) < 4.78 is 0. The Bertz CT molecular complexity index is 473. The summed E-state index contributed by atoms with van der Waals surface area (Å²) in [4.78, 5) is 11.2. The van der Waals surface area contributed by atoms with Gasteiger partial charge < -0.3 is 20.3 Å². The summed E-state index contributed by atoms with van der Waals surface area (Å²) in [5.41, 5.74) is 1.94. The SMILES string of the molecule is CCCCCCC(NCc1ccc(C(O)CCCCC)cc1)C(=O)[O-]. The second kappa shape index (κ2) is 12.9. The lowest BCUT2D eigenvalue weighted by Gasteiger charge is -2.20. The molecule has 0 saturated carbocycles. The number of nitrogens with one attached hydrogen (secondary N) is 1. The topological polar surface area (TPSA) is 72.4 Å². The first kappa shape index (κ1) is 21.7. The molecule has 0 heterocycles. The third-order valence-electron chi connectivity index (χ3n) is 4.63. The summed E-state index contributed by atoms with van der Waals surface area (Å²) >= 11 is 0. The number of carboxylic acid groups (broad SMARTS) is 1. The van der Waals surface area contributed by atoms with Crippen molar-refractivity contribution in [2.24, 2.45) is 0 Å². The van der Waals surface area contributed by atoms with Crippen LogP contribution in [-0.2, 0) is 11.3 Å². The van der Waals surface area contributed by atoms with Crippen molar-refractivity contribution in [1.82, 2.24) is 5.32 Å². The lowest BCUT2D eigenvalue weighted by molar-refractivity contribution is -0.308. The van der Waals surface area contributed by atoms with E-state index in [2.05, 4.69) is 19.2 Å². The third-order valence-corrected chi connectivity index (χ3v) is 4.63. The molecular weight excluding hydrogens is 314 g/mol. The van der Waals surface area contributed by atoms with Crippen molar-refractivity contribution in [3.8, 4) is 0 Å². The first-order chi connectivity index (χ1) is 12.1. The van der Waals surface area contributed by atoms with Gasteiger partial charge in [-0.3, -0.25) is 0 Å². The average Bonchev–Trinajstić information content (AvgIpc) is 2.61. The van der Waals surface area contributed by atoms with Crippen molar-refractivity contribution in [3.63, 3.8) is 0 Å². The quantitative estimate of drug-likeness (QED) is 0.505. The zero-order valence-electron chi connectivity index (χ0n) is 15.8. The van der Waals surface area contributed by atoms with Gasteiger partial charge in [0, 0.05) is 12.6 Å². The second-order valence-corrected chi connectivity index (χ2v) is 6.86. The molecule has 1 rings (SSSR count). The fourth-order valence-electron chi connectivity index (χ4n) is 2.93. The largest absolute Gasteiger partial charge is 0.548 e. The van der Waals surface area contributed by atoms with E-state index in [1.54, 1.807) is 0 Å². The highest BCUT2D eigenvalue weighted by Gasteiger charge is 2.10. The van der Waals surface area contributed by atoms with Gasteiger partial charge >= 0.3 is 0 Å². The van der Waals surface area contributed by atoms with Crippen LogP contribution in [0, 0.1) is 0 Å². The molecule has 4 heteroatoms. The molecule has 0 spiro atoms. The normalized spacial score (nSPS) is 13.6. The van der Waals surface area contributed by atoms with Gasteiger partial charge in [0.05, 0.1) is 12.1 Å². The lowest BCUT2D eigenvalue weighted by Crippen LogP contribution is -2.45. The molecular formula is C21H34NO3-. The smallest absolute Gasteiger partial charge is 0.0790 e. The van der Waals surface area contributed by atoms with Crippen molar-refractivity contribution >= 4 is 5.97 Å². The molecule has 25 heavy (non-hydrogen) atoms.